The predicted molar refractivity (Wildman–Crippen MR) is 73.3 cm³/mol. The standard InChI is InChI=1S/C15H25NO/c1-4-5-6-7-15(16)13-8-10-14(11-9-13)17-12(2)3/h8-12,15H,4-7,16H2,1-3H3/t15-/m0/s1. The SMILES string of the molecule is CCCCC[C@H](N)c1ccc(OC(C)C)cc1. The van der Waals surface area contributed by atoms with Crippen LogP contribution < -0.4 is 10.5 Å². The molecule has 0 fully saturated rings. The molecule has 2 N–H and O–H groups in total. The largest absolute Gasteiger partial charge is 0.491 e. The monoisotopic (exact) mass is 235 g/mol. The van der Waals surface area contributed by atoms with E-state index in [1.807, 2.05) is 26.0 Å². The highest BCUT2D eigenvalue weighted by atomic mass is 16.5. The van der Waals surface area contributed by atoms with Crippen LogP contribution in [0.25, 0.3) is 0 Å². The fraction of sp³-hybridized carbons (Fsp3) is 0.600. The minimum atomic E-state index is 0.162. The van der Waals surface area contributed by atoms with E-state index >= 15 is 0 Å². The quantitative estimate of drug-likeness (QED) is 0.723. The van der Waals surface area contributed by atoms with Gasteiger partial charge in [-0.25, -0.2) is 0 Å². The lowest BCUT2D eigenvalue weighted by molar-refractivity contribution is 0.242. The van der Waals surface area contributed by atoms with Gasteiger partial charge in [-0.3, -0.25) is 0 Å². The minimum absolute atomic E-state index is 0.162. The number of nitrogens with two attached hydrogens (primary N) is 1. The molecule has 1 atom stereocenters. The Hall–Kier alpha value is -1.02. The number of hydrogen-bond donors (Lipinski definition) is 1. The van der Waals surface area contributed by atoms with Crippen molar-refractivity contribution in [3.05, 3.63) is 29.8 Å². The molecule has 0 amide bonds. The number of hydrogen-bond acceptors (Lipinski definition) is 2. The predicted octanol–water partition coefficient (Wildman–Crippen LogP) is 4.05. The molecule has 1 aromatic carbocycles. The summed E-state index contributed by atoms with van der Waals surface area (Å²) in [5.41, 5.74) is 7.35. The summed E-state index contributed by atoms with van der Waals surface area (Å²) in [6.45, 7) is 6.28. The molecule has 0 unspecified atom stereocenters. The summed E-state index contributed by atoms with van der Waals surface area (Å²) in [7, 11) is 0. The first-order valence-electron chi connectivity index (χ1n) is 6.65. The summed E-state index contributed by atoms with van der Waals surface area (Å²) < 4.78 is 5.61. The summed E-state index contributed by atoms with van der Waals surface area (Å²) in [6, 6.07) is 8.34. The second-order valence-electron chi connectivity index (χ2n) is 4.84. The number of rotatable bonds is 7. The van der Waals surface area contributed by atoms with Crippen LogP contribution in [0, 0.1) is 0 Å². The van der Waals surface area contributed by atoms with Gasteiger partial charge in [0.1, 0.15) is 5.75 Å². The molecule has 0 aliphatic carbocycles. The van der Waals surface area contributed by atoms with Gasteiger partial charge in [0, 0.05) is 6.04 Å². The highest BCUT2D eigenvalue weighted by Gasteiger charge is 2.06. The molecule has 0 saturated carbocycles. The van der Waals surface area contributed by atoms with Gasteiger partial charge >= 0.3 is 0 Å². The van der Waals surface area contributed by atoms with Crippen molar-refractivity contribution in [1.82, 2.24) is 0 Å². The van der Waals surface area contributed by atoms with E-state index in [-0.39, 0.29) is 12.1 Å². The molecule has 1 aromatic rings. The van der Waals surface area contributed by atoms with Gasteiger partial charge in [0.25, 0.3) is 0 Å². The Balaban J connectivity index is 2.48. The van der Waals surface area contributed by atoms with Gasteiger partial charge in [0.15, 0.2) is 0 Å². The lowest BCUT2D eigenvalue weighted by Gasteiger charge is -2.14. The van der Waals surface area contributed by atoms with Crippen molar-refractivity contribution in [3.63, 3.8) is 0 Å². The second-order valence-corrected chi connectivity index (χ2v) is 4.84. The zero-order chi connectivity index (χ0) is 12.7. The van der Waals surface area contributed by atoms with Crippen molar-refractivity contribution in [1.29, 1.82) is 0 Å². The Kier molecular flexibility index (Phi) is 6.06. The molecule has 0 radical (unpaired) electrons. The third kappa shape index (κ3) is 5.22. The minimum Gasteiger partial charge on any atom is -0.491 e. The van der Waals surface area contributed by atoms with Crippen LogP contribution in [0.3, 0.4) is 0 Å². The first-order chi connectivity index (χ1) is 8.13. The number of ether oxygens (including phenoxy) is 1. The second kappa shape index (κ2) is 7.33. The van der Waals surface area contributed by atoms with E-state index in [0.29, 0.717) is 0 Å². The maximum absolute atomic E-state index is 6.15. The summed E-state index contributed by atoms with van der Waals surface area (Å²) in [5.74, 6) is 0.921. The molecular formula is C15H25NO. The first kappa shape index (κ1) is 14.0. The zero-order valence-electron chi connectivity index (χ0n) is 11.3. The third-order valence-electron chi connectivity index (χ3n) is 2.80. The van der Waals surface area contributed by atoms with E-state index in [0.717, 1.165) is 12.2 Å². The maximum Gasteiger partial charge on any atom is 0.119 e. The Labute approximate surface area is 105 Å². The van der Waals surface area contributed by atoms with Crippen molar-refractivity contribution in [3.8, 4) is 5.75 Å². The average molecular weight is 235 g/mol. The van der Waals surface area contributed by atoms with Crippen molar-refractivity contribution in [2.45, 2.75) is 58.6 Å². The van der Waals surface area contributed by atoms with E-state index in [2.05, 4.69) is 19.1 Å². The van der Waals surface area contributed by atoms with Gasteiger partial charge in [-0.1, -0.05) is 38.3 Å². The molecule has 0 aliphatic heterocycles. The molecule has 96 valence electrons. The van der Waals surface area contributed by atoms with Gasteiger partial charge in [-0.05, 0) is 38.0 Å². The molecule has 17 heavy (non-hydrogen) atoms. The first-order valence-corrected chi connectivity index (χ1v) is 6.65. The van der Waals surface area contributed by atoms with Crippen molar-refractivity contribution in [2.24, 2.45) is 5.73 Å². The van der Waals surface area contributed by atoms with Crippen LogP contribution in [-0.2, 0) is 0 Å². The number of benzene rings is 1. The van der Waals surface area contributed by atoms with E-state index in [9.17, 15) is 0 Å². The summed E-state index contributed by atoms with van der Waals surface area (Å²) in [4.78, 5) is 0. The van der Waals surface area contributed by atoms with Gasteiger partial charge in [0.2, 0.25) is 0 Å². The number of unbranched alkanes of at least 4 members (excludes halogenated alkanes) is 2. The van der Waals surface area contributed by atoms with E-state index in [4.69, 9.17) is 10.5 Å². The van der Waals surface area contributed by atoms with Crippen LogP contribution in [0.1, 0.15) is 58.1 Å². The average Bonchev–Trinajstić information content (AvgIpc) is 2.29. The normalized spacial score (nSPS) is 12.8. The molecule has 0 bridgehead atoms. The Morgan fingerprint density at radius 1 is 1.12 bits per heavy atom. The van der Waals surface area contributed by atoms with Crippen molar-refractivity contribution >= 4 is 0 Å². The van der Waals surface area contributed by atoms with Gasteiger partial charge < -0.3 is 10.5 Å². The molecule has 0 aromatic heterocycles. The highest BCUT2D eigenvalue weighted by molar-refractivity contribution is 5.29. The maximum atomic E-state index is 6.15. The zero-order valence-corrected chi connectivity index (χ0v) is 11.3. The third-order valence-corrected chi connectivity index (χ3v) is 2.80. The van der Waals surface area contributed by atoms with Crippen LogP contribution in [-0.4, -0.2) is 6.10 Å². The lowest BCUT2D eigenvalue weighted by Crippen LogP contribution is -2.10. The van der Waals surface area contributed by atoms with Crippen molar-refractivity contribution < 1.29 is 4.74 Å². The van der Waals surface area contributed by atoms with E-state index < -0.39 is 0 Å². The fourth-order valence-corrected chi connectivity index (χ4v) is 1.85. The summed E-state index contributed by atoms with van der Waals surface area (Å²) >= 11 is 0. The molecule has 1 rings (SSSR count). The molecule has 2 heteroatoms. The summed E-state index contributed by atoms with van der Waals surface area (Å²) in [6.07, 6.45) is 5.01. The van der Waals surface area contributed by atoms with Crippen LogP contribution >= 0.6 is 0 Å². The molecule has 2 nitrogen and oxygen atoms in total. The van der Waals surface area contributed by atoms with E-state index in [1.165, 1.54) is 24.8 Å². The van der Waals surface area contributed by atoms with Crippen LogP contribution in [0.4, 0.5) is 0 Å². The smallest absolute Gasteiger partial charge is 0.119 e. The van der Waals surface area contributed by atoms with Crippen LogP contribution in [0.5, 0.6) is 5.75 Å². The van der Waals surface area contributed by atoms with Crippen LogP contribution in [0.2, 0.25) is 0 Å². The molecule has 0 saturated heterocycles. The van der Waals surface area contributed by atoms with Gasteiger partial charge in [-0.2, -0.15) is 0 Å². The molecule has 0 heterocycles. The fourth-order valence-electron chi connectivity index (χ4n) is 1.85. The van der Waals surface area contributed by atoms with Gasteiger partial charge in [0.05, 0.1) is 6.10 Å². The highest BCUT2D eigenvalue weighted by Crippen LogP contribution is 2.21. The Morgan fingerprint density at radius 2 is 1.76 bits per heavy atom. The Morgan fingerprint density at radius 3 is 2.29 bits per heavy atom. The van der Waals surface area contributed by atoms with Gasteiger partial charge in [-0.15, -0.1) is 0 Å². The van der Waals surface area contributed by atoms with Crippen molar-refractivity contribution in [2.75, 3.05) is 0 Å². The molecule has 0 spiro atoms. The van der Waals surface area contributed by atoms with Crippen LogP contribution in [0.15, 0.2) is 24.3 Å². The summed E-state index contributed by atoms with van der Waals surface area (Å²) in [5, 5.41) is 0. The topological polar surface area (TPSA) is 35.2 Å². The molecular weight excluding hydrogens is 210 g/mol. The molecule has 0 aliphatic rings. The lowest BCUT2D eigenvalue weighted by atomic mass is 10.0. The van der Waals surface area contributed by atoms with E-state index in [1.54, 1.807) is 0 Å². The Bertz CT molecular complexity index is 305.